The maximum Gasteiger partial charge on any atom is 0.307 e. The van der Waals surface area contributed by atoms with Gasteiger partial charge in [0.15, 0.2) is 0 Å². The maximum absolute atomic E-state index is 11.4. The fourth-order valence-electron chi connectivity index (χ4n) is 3.58. The first-order chi connectivity index (χ1) is 13.6. The normalized spacial score (nSPS) is 18.1. The molecule has 1 N–H and O–H groups in total. The SMILES string of the molecule is CCCOc1ccc(-c2nn(-c3ccccc3)cc2C2CC2C(=O)O)cc1C. The van der Waals surface area contributed by atoms with Gasteiger partial charge in [-0.1, -0.05) is 25.1 Å². The van der Waals surface area contributed by atoms with Gasteiger partial charge in [-0.3, -0.25) is 4.79 Å². The zero-order valence-electron chi connectivity index (χ0n) is 16.1. The molecular formula is C23H24N2O3. The number of aromatic nitrogens is 2. The Balaban J connectivity index is 1.74. The molecule has 1 saturated carbocycles. The molecule has 2 atom stereocenters. The van der Waals surface area contributed by atoms with Crippen LogP contribution >= 0.6 is 0 Å². The first-order valence-electron chi connectivity index (χ1n) is 9.70. The van der Waals surface area contributed by atoms with Crippen molar-refractivity contribution in [2.75, 3.05) is 6.61 Å². The standard InChI is InChI=1S/C23H24N2O3/c1-3-11-28-21-10-9-16(12-15(21)2)22-20(18-13-19(18)23(26)27)14-25(24-22)17-7-5-4-6-8-17/h4-10,12,14,18-19H,3,11,13H2,1-2H3,(H,26,27). The number of ether oxygens (including phenoxy) is 1. The van der Waals surface area contributed by atoms with Crippen molar-refractivity contribution in [3.05, 3.63) is 65.9 Å². The molecule has 5 heteroatoms. The Bertz CT molecular complexity index is 994. The van der Waals surface area contributed by atoms with Gasteiger partial charge in [0.05, 0.1) is 23.9 Å². The molecule has 0 spiro atoms. The Morgan fingerprint density at radius 2 is 2.04 bits per heavy atom. The van der Waals surface area contributed by atoms with Crippen LogP contribution in [-0.4, -0.2) is 27.5 Å². The summed E-state index contributed by atoms with van der Waals surface area (Å²) in [6.07, 6.45) is 3.61. The number of hydrogen-bond donors (Lipinski definition) is 1. The smallest absolute Gasteiger partial charge is 0.307 e. The van der Waals surface area contributed by atoms with Gasteiger partial charge in [-0.15, -0.1) is 0 Å². The van der Waals surface area contributed by atoms with Gasteiger partial charge in [0.25, 0.3) is 0 Å². The van der Waals surface area contributed by atoms with Gasteiger partial charge in [0.2, 0.25) is 0 Å². The molecule has 2 unspecified atom stereocenters. The number of hydrogen-bond acceptors (Lipinski definition) is 3. The van der Waals surface area contributed by atoms with E-state index in [1.165, 1.54) is 0 Å². The van der Waals surface area contributed by atoms with Crippen molar-refractivity contribution in [1.29, 1.82) is 0 Å². The predicted molar refractivity (Wildman–Crippen MR) is 108 cm³/mol. The van der Waals surface area contributed by atoms with Crippen molar-refractivity contribution in [1.82, 2.24) is 9.78 Å². The molecule has 0 amide bonds. The van der Waals surface area contributed by atoms with Gasteiger partial charge >= 0.3 is 5.97 Å². The summed E-state index contributed by atoms with van der Waals surface area (Å²) in [4.78, 5) is 11.4. The molecule has 0 saturated heterocycles. The summed E-state index contributed by atoms with van der Waals surface area (Å²) < 4.78 is 7.63. The van der Waals surface area contributed by atoms with Gasteiger partial charge in [-0.2, -0.15) is 5.10 Å². The van der Waals surface area contributed by atoms with E-state index < -0.39 is 5.97 Å². The van der Waals surface area contributed by atoms with Crippen LogP contribution in [0, 0.1) is 12.8 Å². The average Bonchev–Trinajstić information content (AvgIpc) is 3.39. The summed E-state index contributed by atoms with van der Waals surface area (Å²) in [6, 6.07) is 16.0. The molecule has 144 valence electrons. The van der Waals surface area contributed by atoms with Crippen molar-refractivity contribution in [3.8, 4) is 22.7 Å². The Hall–Kier alpha value is -3.08. The molecule has 4 rings (SSSR count). The molecule has 0 aliphatic heterocycles. The first-order valence-corrected chi connectivity index (χ1v) is 9.70. The lowest BCUT2D eigenvalue weighted by atomic mass is 10.0. The Kier molecular flexibility index (Phi) is 4.90. The number of aliphatic carboxylic acids is 1. The summed E-state index contributed by atoms with van der Waals surface area (Å²) in [5, 5.41) is 14.2. The number of rotatable bonds is 7. The molecule has 1 aliphatic rings. The molecule has 1 heterocycles. The number of nitrogens with zero attached hydrogens (tertiary/aromatic N) is 2. The van der Waals surface area contributed by atoms with Crippen LogP contribution in [0.2, 0.25) is 0 Å². The van der Waals surface area contributed by atoms with E-state index in [-0.39, 0.29) is 11.8 Å². The van der Waals surface area contributed by atoms with E-state index >= 15 is 0 Å². The molecule has 2 aromatic carbocycles. The van der Waals surface area contributed by atoms with E-state index in [9.17, 15) is 9.90 Å². The van der Waals surface area contributed by atoms with Gasteiger partial charge < -0.3 is 9.84 Å². The third-order valence-electron chi connectivity index (χ3n) is 5.18. The molecule has 1 aromatic heterocycles. The summed E-state index contributed by atoms with van der Waals surface area (Å²) in [5.41, 5.74) is 4.85. The van der Waals surface area contributed by atoms with E-state index in [0.717, 1.165) is 40.2 Å². The quantitative estimate of drug-likeness (QED) is 0.642. The number of carboxylic acid groups (broad SMARTS) is 1. The van der Waals surface area contributed by atoms with Crippen LogP contribution in [0.15, 0.2) is 54.7 Å². The Morgan fingerprint density at radius 1 is 1.25 bits per heavy atom. The fourth-order valence-corrected chi connectivity index (χ4v) is 3.58. The highest BCUT2D eigenvalue weighted by molar-refractivity contribution is 5.77. The Morgan fingerprint density at radius 3 is 2.68 bits per heavy atom. The van der Waals surface area contributed by atoms with Crippen molar-refractivity contribution < 1.29 is 14.6 Å². The highest BCUT2D eigenvalue weighted by Gasteiger charge is 2.46. The lowest BCUT2D eigenvalue weighted by Crippen LogP contribution is -1.99. The van der Waals surface area contributed by atoms with Crippen LogP contribution < -0.4 is 4.74 Å². The minimum atomic E-state index is -0.733. The molecule has 1 aliphatic carbocycles. The molecule has 0 bridgehead atoms. The number of para-hydroxylation sites is 1. The summed E-state index contributed by atoms with van der Waals surface area (Å²) >= 11 is 0. The van der Waals surface area contributed by atoms with Gasteiger partial charge in [-0.25, -0.2) is 4.68 Å². The first kappa shape index (κ1) is 18.3. The third kappa shape index (κ3) is 3.52. The minimum absolute atomic E-state index is 0.0151. The van der Waals surface area contributed by atoms with E-state index in [4.69, 9.17) is 9.84 Å². The highest BCUT2D eigenvalue weighted by Crippen LogP contribution is 2.50. The summed E-state index contributed by atoms with van der Waals surface area (Å²) in [5.74, 6) is -0.158. The van der Waals surface area contributed by atoms with Crippen LogP contribution in [0.1, 0.15) is 36.8 Å². The van der Waals surface area contributed by atoms with E-state index in [0.29, 0.717) is 13.0 Å². The van der Waals surface area contributed by atoms with Crippen LogP contribution in [0.3, 0.4) is 0 Å². The van der Waals surface area contributed by atoms with Crippen LogP contribution in [0.5, 0.6) is 5.75 Å². The highest BCUT2D eigenvalue weighted by atomic mass is 16.5. The second-order valence-electron chi connectivity index (χ2n) is 7.33. The largest absolute Gasteiger partial charge is 0.493 e. The molecule has 28 heavy (non-hydrogen) atoms. The minimum Gasteiger partial charge on any atom is -0.493 e. The predicted octanol–water partition coefficient (Wildman–Crippen LogP) is 4.82. The molecule has 5 nitrogen and oxygen atoms in total. The number of carboxylic acids is 1. The van der Waals surface area contributed by atoms with E-state index in [1.54, 1.807) is 0 Å². The van der Waals surface area contributed by atoms with E-state index in [1.807, 2.05) is 60.3 Å². The summed E-state index contributed by atoms with van der Waals surface area (Å²) in [6.45, 7) is 4.80. The van der Waals surface area contributed by atoms with Crippen molar-refractivity contribution in [2.24, 2.45) is 5.92 Å². The molecule has 0 radical (unpaired) electrons. The Labute approximate surface area is 164 Å². The van der Waals surface area contributed by atoms with Crippen molar-refractivity contribution in [3.63, 3.8) is 0 Å². The lowest BCUT2D eigenvalue weighted by Gasteiger charge is -2.10. The summed E-state index contributed by atoms with van der Waals surface area (Å²) in [7, 11) is 0. The number of aryl methyl sites for hydroxylation is 1. The fraction of sp³-hybridized carbons (Fsp3) is 0.304. The zero-order chi connectivity index (χ0) is 19.7. The molecular weight excluding hydrogens is 352 g/mol. The molecule has 3 aromatic rings. The van der Waals surface area contributed by atoms with Crippen molar-refractivity contribution in [2.45, 2.75) is 32.6 Å². The number of benzene rings is 2. The number of carbonyl (C=O) groups is 1. The average molecular weight is 376 g/mol. The van der Waals surface area contributed by atoms with Crippen LogP contribution in [0.25, 0.3) is 16.9 Å². The van der Waals surface area contributed by atoms with E-state index in [2.05, 4.69) is 13.0 Å². The van der Waals surface area contributed by atoms with Gasteiger partial charge in [0.1, 0.15) is 5.75 Å². The maximum atomic E-state index is 11.4. The van der Waals surface area contributed by atoms with Crippen molar-refractivity contribution >= 4 is 5.97 Å². The zero-order valence-corrected chi connectivity index (χ0v) is 16.1. The molecule has 1 fully saturated rings. The topological polar surface area (TPSA) is 64.4 Å². The van der Waals surface area contributed by atoms with Gasteiger partial charge in [-0.05, 0) is 55.7 Å². The lowest BCUT2D eigenvalue weighted by molar-refractivity contribution is -0.138. The second-order valence-corrected chi connectivity index (χ2v) is 7.33. The van der Waals surface area contributed by atoms with Gasteiger partial charge in [0, 0.05) is 23.2 Å². The monoisotopic (exact) mass is 376 g/mol. The van der Waals surface area contributed by atoms with Crippen LogP contribution in [0.4, 0.5) is 0 Å². The van der Waals surface area contributed by atoms with Crippen LogP contribution in [-0.2, 0) is 4.79 Å². The third-order valence-corrected chi connectivity index (χ3v) is 5.18. The second kappa shape index (κ2) is 7.50.